The van der Waals surface area contributed by atoms with E-state index in [1.165, 1.54) is 30.3 Å². The number of alkyl halides is 3. The molecule has 0 aliphatic carbocycles. The molecule has 134 valence electrons. The number of ether oxygens (including phenoxy) is 1. The fourth-order valence-corrected chi connectivity index (χ4v) is 2.00. The van der Waals surface area contributed by atoms with E-state index in [1.807, 2.05) is 5.32 Å². The summed E-state index contributed by atoms with van der Waals surface area (Å²) in [5.74, 6) is -0.705. The van der Waals surface area contributed by atoms with Crippen LogP contribution in [0.5, 0.6) is 5.75 Å². The number of halogens is 4. The van der Waals surface area contributed by atoms with Crippen LogP contribution in [-0.4, -0.2) is 31.8 Å². The minimum atomic E-state index is -4.47. The van der Waals surface area contributed by atoms with Crippen LogP contribution in [0.1, 0.15) is 10.4 Å². The minimum Gasteiger partial charge on any atom is -0.492 e. The number of carbonyl (C=O) groups excluding carboxylic acids is 1. The zero-order chi connectivity index (χ0) is 18.3. The summed E-state index contributed by atoms with van der Waals surface area (Å²) >= 11 is 0. The molecule has 0 aliphatic rings. The summed E-state index contributed by atoms with van der Waals surface area (Å²) in [5, 5.41) is 4.76. The largest absolute Gasteiger partial charge is 0.492 e. The molecule has 0 atom stereocenters. The predicted octanol–water partition coefficient (Wildman–Crippen LogP) is 3.61. The van der Waals surface area contributed by atoms with Crippen LogP contribution in [0, 0.1) is 5.82 Å². The van der Waals surface area contributed by atoms with Crippen molar-refractivity contribution in [2.45, 2.75) is 6.18 Å². The van der Waals surface area contributed by atoms with Gasteiger partial charge in [0.2, 0.25) is 0 Å². The van der Waals surface area contributed by atoms with Crippen LogP contribution in [0.2, 0.25) is 0 Å². The highest BCUT2D eigenvalue weighted by Gasteiger charge is 2.28. The number of hydrogen-bond acceptors (Lipinski definition) is 3. The molecule has 1 amide bonds. The van der Waals surface area contributed by atoms with E-state index in [2.05, 4.69) is 5.32 Å². The SMILES string of the molecule is O=C(NCC(F)(F)F)c1ccccc1NCCOc1ccc(F)cc1. The summed E-state index contributed by atoms with van der Waals surface area (Å²) in [6.07, 6.45) is -4.47. The van der Waals surface area contributed by atoms with Crippen LogP contribution >= 0.6 is 0 Å². The van der Waals surface area contributed by atoms with E-state index in [9.17, 15) is 22.4 Å². The van der Waals surface area contributed by atoms with Gasteiger partial charge in [-0.3, -0.25) is 4.79 Å². The van der Waals surface area contributed by atoms with E-state index in [1.54, 1.807) is 18.2 Å². The van der Waals surface area contributed by atoms with E-state index < -0.39 is 18.6 Å². The van der Waals surface area contributed by atoms with Crippen molar-refractivity contribution in [2.24, 2.45) is 0 Å². The molecule has 2 aromatic rings. The third kappa shape index (κ3) is 6.33. The molecule has 0 spiro atoms. The van der Waals surface area contributed by atoms with Crippen molar-refractivity contribution in [3.63, 3.8) is 0 Å². The fourth-order valence-electron chi connectivity index (χ4n) is 2.00. The number of amides is 1. The third-order valence-corrected chi connectivity index (χ3v) is 3.12. The van der Waals surface area contributed by atoms with Crippen LogP contribution in [0.4, 0.5) is 23.2 Å². The quantitative estimate of drug-likeness (QED) is 0.589. The average molecular weight is 356 g/mol. The molecular weight excluding hydrogens is 340 g/mol. The van der Waals surface area contributed by atoms with Gasteiger partial charge in [0.25, 0.3) is 5.91 Å². The Morgan fingerprint density at radius 3 is 2.40 bits per heavy atom. The lowest BCUT2D eigenvalue weighted by molar-refractivity contribution is -0.123. The molecule has 4 nitrogen and oxygen atoms in total. The van der Waals surface area contributed by atoms with Gasteiger partial charge in [0.05, 0.1) is 5.56 Å². The van der Waals surface area contributed by atoms with Gasteiger partial charge in [0.1, 0.15) is 24.7 Å². The van der Waals surface area contributed by atoms with E-state index >= 15 is 0 Å². The molecule has 25 heavy (non-hydrogen) atoms. The van der Waals surface area contributed by atoms with Crippen molar-refractivity contribution in [3.05, 3.63) is 59.9 Å². The van der Waals surface area contributed by atoms with E-state index in [0.29, 0.717) is 18.0 Å². The number of anilines is 1. The lowest BCUT2D eigenvalue weighted by Crippen LogP contribution is -2.34. The Morgan fingerprint density at radius 2 is 1.72 bits per heavy atom. The second kappa shape index (κ2) is 8.36. The maximum atomic E-state index is 12.8. The molecule has 2 N–H and O–H groups in total. The Bertz CT molecular complexity index is 703. The van der Waals surface area contributed by atoms with Gasteiger partial charge in [-0.2, -0.15) is 13.2 Å². The molecule has 0 aromatic heterocycles. The van der Waals surface area contributed by atoms with Gasteiger partial charge in [-0.15, -0.1) is 0 Å². The highest BCUT2D eigenvalue weighted by molar-refractivity contribution is 5.99. The first kappa shape index (κ1) is 18.6. The normalized spacial score (nSPS) is 11.0. The van der Waals surface area contributed by atoms with Crippen LogP contribution in [0.3, 0.4) is 0 Å². The van der Waals surface area contributed by atoms with Gasteiger partial charge in [0.15, 0.2) is 0 Å². The first-order valence-electron chi connectivity index (χ1n) is 7.41. The summed E-state index contributed by atoms with van der Waals surface area (Å²) in [5.41, 5.74) is 0.499. The van der Waals surface area contributed by atoms with Gasteiger partial charge in [-0.25, -0.2) is 4.39 Å². The molecule has 0 fully saturated rings. The molecule has 0 saturated heterocycles. The molecule has 0 bridgehead atoms. The van der Waals surface area contributed by atoms with Crippen molar-refractivity contribution < 1.29 is 27.1 Å². The summed E-state index contributed by atoms with van der Waals surface area (Å²) in [7, 11) is 0. The summed E-state index contributed by atoms with van der Waals surface area (Å²) in [6, 6.07) is 11.7. The molecule has 0 unspecified atom stereocenters. The monoisotopic (exact) mass is 356 g/mol. The Labute approximate surface area is 141 Å². The lowest BCUT2D eigenvalue weighted by atomic mass is 10.1. The lowest BCUT2D eigenvalue weighted by Gasteiger charge is -2.13. The van der Waals surface area contributed by atoms with E-state index in [-0.39, 0.29) is 18.0 Å². The van der Waals surface area contributed by atoms with Gasteiger partial charge in [-0.05, 0) is 36.4 Å². The van der Waals surface area contributed by atoms with Crippen molar-refractivity contribution in [2.75, 3.05) is 25.0 Å². The maximum absolute atomic E-state index is 12.8. The molecule has 0 aliphatic heterocycles. The number of rotatable bonds is 7. The Hall–Kier alpha value is -2.77. The zero-order valence-electron chi connectivity index (χ0n) is 13.1. The summed E-state index contributed by atoms with van der Waals surface area (Å²) in [6.45, 7) is -0.862. The average Bonchev–Trinajstić information content (AvgIpc) is 2.58. The van der Waals surface area contributed by atoms with E-state index in [4.69, 9.17) is 4.74 Å². The molecular formula is C17H16F4N2O2. The topological polar surface area (TPSA) is 50.4 Å². The van der Waals surface area contributed by atoms with Crippen molar-refractivity contribution >= 4 is 11.6 Å². The number of hydrogen-bond donors (Lipinski definition) is 2. The Kier molecular flexibility index (Phi) is 6.21. The van der Waals surface area contributed by atoms with Gasteiger partial charge in [-0.1, -0.05) is 12.1 Å². The number of carbonyl (C=O) groups is 1. The predicted molar refractivity (Wildman–Crippen MR) is 85.2 cm³/mol. The summed E-state index contributed by atoms with van der Waals surface area (Å²) in [4.78, 5) is 11.9. The highest BCUT2D eigenvalue weighted by atomic mass is 19.4. The third-order valence-electron chi connectivity index (χ3n) is 3.12. The van der Waals surface area contributed by atoms with Gasteiger partial charge >= 0.3 is 6.18 Å². The zero-order valence-corrected chi connectivity index (χ0v) is 13.1. The van der Waals surface area contributed by atoms with Crippen LogP contribution in [0.25, 0.3) is 0 Å². The molecule has 0 saturated carbocycles. The van der Waals surface area contributed by atoms with E-state index in [0.717, 1.165) is 0 Å². The Morgan fingerprint density at radius 1 is 1.04 bits per heavy atom. The molecule has 2 aromatic carbocycles. The highest BCUT2D eigenvalue weighted by Crippen LogP contribution is 2.17. The minimum absolute atomic E-state index is 0.105. The van der Waals surface area contributed by atoms with Gasteiger partial charge in [0, 0.05) is 12.2 Å². The number of nitrogens with one attached hydrogen (secondary N) is 2. The first-order chi connectivity index (χ1) is 11.8. The van der Waals surface area contributed by atoms with Crippen molar-refractivity contribution in [1.29, 1.82) is 0 Å². The second-order valence-electron chi connectivity index (χ2n) is 5.07. The molecule has 2 rings (SSSR count). The molecule has 8 heteroatoms. The summed E-state index contributed by atoms with van der Waals surface area (Å²) < 4.78 is 54.8. The van der Waals surface area contributed by atoms with Crippen molar-refractivity contribution in [3.8, 4) is 5.75 Å². The maximum Gasteiger partial charge on any atom is 0.405 e. The fraction of sp³-hybridized carbons (Fsp3) is 0.235. The van der Waals surface area contributed by atoms with Crippen LogP contribution < -0.4 is 15.4 Å². The molecule has 0 heterocycles. The van der Waals surface area contributed by atoms with Crippen LogP contribution in [0.15, 0.2) is 48.5 Å². The molecule has 0 radical (unpaired) electrons. The smallest absolute Gasteiger partial charge is 0.405 e. The second-order valence-corrected chi connectivity index (χ2v) is 5.07. The van der Waals surface area contributed by atoms with Crippen LogP contribution in [-0.2, 0) is 0 Å². The standard InChI is InChI=1S/C17H16F4N2O2/c18-12-5-7-13(8-6-12)25-10-9-22-15-4-2-1-3-14(15)16(24)23-11-17(19,20)21/h1-8,22H,9-11H2,(H,23,24). The number of para-hydroxylation sites is 1. The van der Waals surface area contributed by atoms with Gasteiger partial charge < -0.3 is 15.4 Å². The number of benzene rings is 2. The first-order valence-corrected chi connectivity index (χ1v) is 7.41. The van der Waals surface area contributed by atoms with Crippen molar-refractivity contribution in [1.82, 2.24) is 5.32 Å². The Balaban J connectivity index is 1.87.